The summed E-state index contributed by atoms with van der Waals surface area (Å²) in [6.45, 7) is 6.37. The molecular formula is C28H25N5O2. The highest BCUT2D eigenvalue weighted by atomic mass is 16.4. The number of amides is 1. The molecule has 3 aromatic carbocycles. The zero-order valence-electron chi connectivity index (χ0n) is 19.8. The Morgan fingerprint density at radius 2 is 1.54 bits per heavy atom. The highest BCUT2D eigenvalue weighted by Gasteiger charge is 2.16. The summed E-state index contributed by atoms with van der Waals surface area (Å²) in [6.07, 6.45) is 0. The Balaban J connectivity index is 1.28. The summed E-state index contributed by atoms with van der Waals surface area (Å²) in [5.74, 6) is 0.727. The minimum Gasteiger partial charge on any atom is -0.416 e. The molecule has 0 saturated carbocycles. The molecule has 5 rings (SSSR count). The van der Waals surface area contributed by atoms with Crippen LogP contribution in [-0.4, -0.2) is 25.9 Å². The van der Waals surface area contributed by atoms with Gasteiger partial charge < -0.3 is 9.73 Å². The van der Waals surface area contributed by atoms with Crippen LogP contribution in [0.25, 0.3) is 28.6 Å². The van der Waals surface area contributed by atoms with E-state index in [0.717, 1.165) is 39.3 Å². The van der Waals surface area contributed by atoms with Crippen LogP contribution in [0, 0.1) is 20.8 Å². The predicted octanol–water partition coefficient (Wildman–Crippen LogP) is 5.44. The third kappa shape index (κ3) is 4.48. The summed E-state index contributed by atoms with van der Waals surface area (Å²) in [6, 6.07) is 25.0. The normalized spacial score (nSPS) is 10.9. The standard InChI is InChI=1S/C28H25N5O2/c1-18-9-7-8-12-24(18)28-31-30-27(35-28)22-15-13-21(14-16-22)26(34)29-17-25-19(2)32-33(20(25)3)23-10-5-4-6-11-23/h4-16H,17H2,1-3H3,(H,29,34). The van der Waals surface area contributed by atoms with E-state index in [-0.39, 0.29) is 5.91 Å². The molecule has 0 unspecified atom stereocenters. The van der Waals surface area contributed by atoms with E-state index in [9.17, 15) is 4.79 Å². The lowest BCUT2D eigenvalue weighted by atomic mass is 10.1. The van der Waals surface area contributed by atoms with Crippen molar-refractivity contribution in [2.24, 2.45) is 0 Å². The molecule has 2 aromatic heterocycles. The Bertz CT molecular complexity index is 1480. The Labute approximate surface area is 203 Å². The highest BCUT2D eigenvalue weighted by molar-refractivity contribution is 5.94. The van der Waals surface area contributed by atoms with E-state index in [2.05, 4.69) is 20.6 Å². The number of carbonyl (C=O) groups is 1. The summed E-state index contributed by atoms with van der Waals surface area (Å²) in [5.41, 5.74) is 7.18. The molecule has 0 aliphatic heterocycles. The smallest absolute Gasteiger partial charge is 0.251 e. The Morgan fingerprint density at radius 1 is 0.857 bits per heavy atom. The minimum atomic E-state index is -0.158. The van der Waals surface area contributed by atoms with E-state index >= 15 is 0 Å². The molecule has 7 nitrogen and oxygen atoms in total. The van der Waals surface area contributed by atoms with Crippen LogP contribution in [0.4, 0.5) is 0 Å². The number of hydrogen-bond donors (Lipinski definition) is 1. The summed E-state index contributed by atoms with van der Waals surface area (Å²) in [7, 11) is 0. The van der Waals surface area contributed by atoms with Crippen LogP contribution in [0.5, 0.6) is 0 Å². The van der Waals surface area contributed by atoms with Gasteiger partial charge in [-0.1, -0.05) is 36.4 Å². The first kappa shape index (κ1) is 22.3. The molecule has 0 radical (unpaired) electrons. The molecule has 0 spiro atoms. The van der Waals surface area contributed by atoms with E-state index in [1.165, 1.54) is 0 Å². The fourth-order valence-corrected chi connectivity index (χ4v) is 4.05. The van der Waals surface area contributed by atoms with Gasteiger partial charge in [-0.3, -0.25) is 4.79 Å². The highest BCUT2D eigenvalue weighted by Crippen LogP contribution is 2.26. The first-order chi connectivity index (χ1) is 17.0. The number of aryl methyl sites for hydroxylation is 2. The lowest BCUT2D eigenvalue weighted by Gasteiger charge is -2.07. The van der Waals surface area contributed by atoms with Crippen molar-refractivity contribution < 1.29 is 9.21 Å². The maximum absolute atomic E-state index is 12.8. The quantitative estimate of drug-likeness (QED) is 0.362. The molecule has 0 aliphatic carbocycles. The monoisotopic (exact) mass is 463 g/mol. The Morgan fingerprint density at radius 3 is 2.29 bits per heavy atom. The van der Waals surface area contributed by atoms with Crippen LogP contribution in [0.3, 0.4) is 0 Å². The van der Waals surface area contributed by atoms with E-state index in [1.807, 2.05) is 92.2 Å². The number of benzene rings is 3. The van der Waals surface area contributed by atoms with Gasteiger partial charge in [-0.05, 0) is 68.8 Å². The SMILES string of the molecule is Cc1ccccc1-c1nnc(-c2ccc(C(=O)NCc3c(C)nn(-c4ccccc4)c3C)cc2)o1. The van der Waals surface area contributed by atoms with E-state index < -0.39 is 0 Å². The Hall–Kier alpha value is -4.52. The van der Waals surface area contributed by atoms with Crippen LogP contribution < -0.4 is 5.32 Å². The van der Waals surface area contributed by atoms with Gasteiger partial charge in [0.15, 0.2) is 0 Å². The molecule has 0 fully saturated rings. The summed E-state index contributed by atoms with van der Waals surface area (Å²) in [5, 5.41) is 16.0. The van der Waals surface area contributed by atoms with Crippen LogP contribution in [0.2, 0.25) is 0 Å². The lowest BCUT2D eigenvalue weighted by Crippen LogP contribution is -2.23. The molecule has 0 saturated heterocycles. The number of rotatable bonds is 6. The molecule has 35 heavy (non-hydrogen) atoms. The van der Waals surface area contributed by atoms with Crippen molar-refractivity contribution in [2.45, 2.75) is 27.3 Å². The molecule has 174 valence electrons. The van der Waals surface area contributed by atoms with Gasteiger partial charge >= 0.3 is 0 Å². The maximum Gasteiger partial charge on any atom is 0.251 e. The number of nitrogens with one attached hydrogen (secondary N) is 1. The number of hydrogen-bond acceptors (Lipinski definition) is 5. The fourth-order valence-electron chi connectivity index (χ4n) is 4.05. The minimum absolute atomic E-state index is 0.158. The lowest BCUT2D eigenvalue weighted by molar-refractivity contribution is 0.0951. The zero-order chi connectivity index (χ0) is 24.4. The third-order valence-electron chi connectivity index (χ3n) is 6.06. The predicted molar refractivity (Wildman–Crippen MR) is 134 cm³/mol. The molecule has 7 heteroatoms. The largest absolute Gasteiger partial charge is 0.416 e. The number of aromatic nitrogens is 4. The van der Waals surface area contributed by atoms with Gasteiger partial charge in [-0.25, -0.2) is 4.68 Å². The van der Waals surface area contributed by atoms with Crippen LogP contribution in [0.1, 0.15) is 32.9 Å². The van der Waals surface area contributed by atoms with Gasteiger partial charge in [-0.2, -0.15) is 5.10 Å². The van der Waals surface area contributed by atoms with Gasteiger partial charge in [0.1, 0.15) is 0 Å². The second-order valence-electron chi connectivity index (χ2n) is 8.38. The maximum atomic E-state index is 12.8. The fraction of sp³-hybridized carbons (Fsp3) is 0.143. The summed E-state index contributed by atoms with van der Waals surface area (Å²) < 4.78 is 7.78. The number of nitrogens with zero attached hydrogens (tertiary/aromatic N) is 4. The average molecular weight is 464 g/mol. The molecule has 5 aromatic rings. The first-order valence-electron chi connectivity index (χ1n) is 11.4. The summed E-state index contributed by atoms with van der Waals surface area (Å²) in [4.78, 5) is 12.8. The average Bonchev–Trinajstić information content (AvgIpc) is 3.48. The molecule has 1 N–H and O–H groups in total. The van der Waals surface area contributed by atoms with Crippen molar-refractivity contribution in [3.8, 4) is 28.6 Å². The number of carbonyl (C=O) groups excluding carboxylic acids is 1. The van der Waals surface area contributed by atoms with Crippen LogP contribution in [-0.2, 0) is 6.54 Å². The zero-order valence-corrected chi connectivity index (χ0v) is 19.8. The van der Waals surface area contributed by atoms with Gasteiger partial charge in [0.2, 0.25) is 11.8 Å². The first-order valence-corrected chi connectivity index (χ1v) is 11.4. The topological polar surface area (TPSA) is 85.8 Å². The molecule has 0 bridgehead atoms. The van der Waals surface area contributed by atoms with E-state index in [0.29, 0.717) is 23.9 Å². The summed E-state index contributed by atoms with van der Waals surface area (Å²) >= 11 is 0. The van der Waals surface area contributed by atoms with Gasteiger partial charge in [0.05, 0.1) is 11.4 Å². The van der Waals surface area contributed by atoms with E-state index in [4.69, 9.17) is 4.42 Å². The van der Waals surface area contributed by atoms with Crippen molar-refractivity contribution in [1.82, 2.24) is 25.3 Å². The second-order valence-corrected chi connectivity index (χ2v) is 8.38. The van der Waals surface area contributed by atoms with Crippen LogP contribution >= 0.6 is 0 Å². The molecule has 1 amide bonds. The van der Waals surface area contributed by atoms with Gasteiger partial charge in [0, 0.05) is 34.5 Å². The third-order valence-corrected chi connectivity index (χ3v) is 6.06. The van der Waals surface area contributed by atoms with Crippen LogP contribution in [0.15, 0.2) is 83.3 Å². The molecule has 0 atom stereocenters. The molecule has 0 aliphatic rings. The Kier molecular flexibility index (Phi) is 5.97. The molecular weight excluding hydrogens is 438 g/mol. The van der Waals surface area contributed by atoms with Crippen molar-refractivity contribution >= 4 is 5.91 Å². The van der Waals surface area contributed by atoms with Gasteiger partial charge in [-0.15, -0.1) is 10.2 Å². The van der Waals surface area contributed by atoms with Gasteiger partial charge in [0.25, 0.3) is 5.91 Å². The van der Waals surface area contributed by atoms with Crippen molar-refractivity contribution in [3.63, 3.8) is 0 Å². The number of para-hydroxylation sites is 1. The van der Waals surface area contributed by atoms with Crippen molar-refractivity contribution in [2.75, 3.05) is 0 Å². The van der Waals surface area contributed by atoms with Crippen molar-refractivity contribution in [1.29, 1.82) is 0 Å². The molecule has 2 heterocycles. The second kappa shape index (κ2) is 9.38. The van der Waals surface area contributed by atoms with E-state index in [1.54, 1.807) is 12.1 Å². The van der Waals surface area contributed by atoms with Crippen molar-refractivity contribution in [3.05, 3.63) is 107 Å².